The number of hydrogen-bond acceptors (Lipinski definition) is 0. The Morgan fingerprint density at radius 2 is 0.583 bits per heavy atom. The van der Waals surface area contributed by atoms with Crippen molar-refractivity contribution in [3.8, 4) is 0 Å². The summed E-state index contributed by atoms with van der Waals surface area (Å²) in [6.45, 7) is 42.5. The predicted molar refractivity (Wildman–Crippen MR) is 105 cm³/mol. The van der Waals surface area contributed by atoms with Gasteiger partial charge in [0.05, 0.1) is 0 Å². The van der Waals surface area contributed by atoms with Crippen LogP contribution in [0.1, 0.15) is 0 Å². The van der Waals surface area contributed by atoms with Crippen LogP contribution in [-0.4, -0.2) is 0 Å². The van der Waals surface area contributed by atoms with Gasteiger partial charge in [-0.15, -0.1) is 0 Å². The third kappa shape index (κ3) is 1.74. The van der Waals surface area contributed by atoms with Crippen molar-refractivity contribution in [1.29, 1.82) is 0 Å². The summed E-state index contributed by atoms with van der Waals surface area (Å²) < 4.78 is 0. The minimum absolute atomic E-state index is 0.0352. The van der Waals surface area contributed by atoms with Crippen LogP contribution < -0.4 is 0 Å². The zero-order chi connectivity index (χ0) is 18.1. The van der Waals surface area contributed by atoms with Crippen LogP contribution >= 0.6 is 0 Å². The first-order chi connectivity index (χ1) is 11.1. The van der Waals surface area contributed by atoms with E-state index >= 15 is 0 Å². The van der Waals surface area contributed by atoms with E-state index in [2.05, 4.69) is 65.8 Å². The van der Waals surface area contributed by atoms with Crippen molar-refractivity contribution >= 4 is 0 Å². The molecule has 0 radical (unpaired) electrons. The lowest BCUT2D eigenvalue weighted by atomic mass is 9.49. The van der Waals surface area contributed by atoms with Crippen molar-refractivity contribution in [3.63, 3.8) is 0 Å². The fourth-order valence-corrected chi connectivity index (χ4v) is 4.49. The Balaban J connectivity index is 2.25. The SMILES string of the molecule is C=C1C(=C)C(=C)[C@@H]2C(C1=C)C(=C)C(=C)C1C(=C)C(=C)C(=C)C(=C)[C@@H]12. The minimum atomic E-state index is 0.0352. The molecule has 0 amide bonds. The first-order valence-electron chi connectivity index (χ1n) is 8.02. The number of fused-ring (bicyclic) bond motifs is 3. The Morgan fingerprint density at radius 3 is 0.875 bits per heavy atom. The quantitative estimate of drug-likeness (QED) is 0.510. The van der Waals surface area contributed by atoms with Gasteiger partial charge in [0, 0.05) is 23.7 Å². The van der Waals surface area contributed by atoms with Gasteiger partial charge >= 0.3 is 0 Å². The van der Waals surface area contributed by atoms with Crippen LogP contribution in [0.3, 0.4) is 0 Å². The second-order valence-electron chi connectivity index (χ2n) is 7.07. The van der Waals surface area contributed by atoms with Gasteiger partial charge in [0.15, 0.2) is 0 Å². The van der Waals surface area contributed by atoms with Crippen molar-refractivity contribution in [2.24, 2.45) is 23.7 Å². The van der Waals surface area contributed by atoms with Crippen LogP contribution in [0.2, 0.25) is 0 Å². The van der Waals surface area contributed by atoms with Crippen LogP contribution in [0, 0.1) is 23.7 Å². The molecule has 0 nitrogen and oxygen atoms in total. The van der Waals surface area contributed by atoms with Gasteiger partial charge in [-0.2, -0.15) is 0 Å². The van der Waals surface area contributed by atoms with Crippen LogP contribution in [0.5, 0.6) is 0 Å². The molecule has 3 rings (SSSR count). The molecular weight excluding hydrogens is 288 g/mol. The molecular formula is C24H24. The number of rotatable bonds is 0. The van der Waals surface area contributed by atoms with Gasteiger partial charge in [-0.1, -0.05) is 65.8 Å². The normalized spacial score (nSPS) is 33.8. The lowest BCUT2D eigenvalue weighted by Gasteiger charge is -2.54. The van der Waals surface area contributed by atoms with Gasteiger partial charge in [0.1, 0.15) is 0 Å². The van der Waals surface area contributed by atoms with E-state index in [-0.39, 0.29) is 23.7 Å². The summed E-state index contributed by atoms with van der Waals surface area (Å²) >= 11 is 0. The summed E-state index contributed by atoms with van der Waals surface area (Å²) in [7, 11) is 0. The molecule has 0 aliphatic heterocycles. The molecule has 0 heteroatoms. The van der Waals surface area contributed by atoms with Gasteiger partial charge in [-0.05, 0) is 55.7 Å². The molecule has 2 unspecified atom stereocenters. The van der Waals surface area contributed by atoms with Crippen LogP contribution in [0.4, 0.5) is 0 Å². The predicted octanol–water partition coefficient (Wildman–Crippen LogP) is 6.05. The van der Waals surface area contributed by atoms with E-state index in [0.29, 0.717) is 0 Å². The Morgan fingerprint density at radius 1 is 0.333 bits per heavy atom. The fourth-order valence-electron chi connectivity index (χ4n) is 4.49. The van der Waals surface area contributed by atoms with E-state index in [1.807, 2.05) is 0 Å². The number of hydrogen-bond donors (Lipinski definition) is 0. The van der Waals surface area contributed by atoms with Gasteiger partial charge < -0.3 is 0 Å². The summed E-state index contributed by atoms with van der Waals surface area (Å²) in [4.78, 5) is 0. The van der Waals surface area contributed by atoms with Gasteiger partial charge in [0.25, 0.3) is 0 Å². The highest BCUT2D eigenvalue weighted by Crippen LogP contribution is 2.62. The molecule has 120 valence electrons. The first-order valence-corrected chi connectivity index (χ1v) is 8.02. The number of allylic oxidation sites excluding steroid dienone is 10. The van der Waals surface area contributed by atoms with E-state index in [4.69, 9.17) is 0 Å². The second kappa shape index (κ2) is 4.95. The molecule has 4 atom stereocenters. The Kier molecular flexibility index (Phi) is 3.35. The Bertz CT molecular complexity index is 772. The van der Waals surface area contributed by atoms with E-state index in [1.54, 1.807) is 0 Å². The summed E-state index contributed by atoms with van der Waals surface area (Å²) in [5.74, 6) is 0.251. The van der Waals surface area contributed by atoms with Crippen LogP contribution in [0.15, 0.2) is 122 Å². The molecule has 3 aliphatic carbocycles. The molecule has 3 saturated carbocycles. The molecule has 0 bridgehead atoms. The maximum absolute atomic E-state index is 4.32. The van der Waals surface area contributed by atoms with Crippen molar-refractivity contribution in [1.82, 2.24) is 0 Å². The molecule has 0 N–H and O–H groups in total. The third-order valence-corrected chi connectivity index (χ3v) is 6.10. The molecule has 3 fully saturated rings. The highest BCUT2D eigenvalue weighted by atomic mass is 14.5. The maximum Gasteiger partial charge on any atom is 0.0161 e. The highest BCUT2D eigenvalue weighted by Gasteiger charge is 2.52. The van der Waals surface area contributed by atoms with Crippen molar-refractivity contribution < 1.29 is 0 Å². The van der Waals surface area contributed by atoms with Gasteiger partial charge in [0.2, 0.25) is 0 Å². The van der Waals surface area contributed by atoms with Crippen molar-refractivity contribution in [3.05, 3.63) is 122 Å². The second-order valence-corrected chi connectivity index (χ2v) is 7.07. The summed E-state index contributed by atoms with van der Waals surface area (Å²) in [5, 5.41) is 0. The molecule has 3 aliphatic rings. The van der Waals surface area contributed by atoms with E-state index in [1.165, 1.54) is 0 Å². The molecule has 0 aromatic heterocycles. The van der Waals surface area contributed by atoms with Crippen LogP contribution in [0.25, 0.3) is 0 Å². The van der Waals surface area contributed by atoms with E-state index in [9.17, 15) is 0 Å². The summed E-state index contributed by atoms with van der Waals surface area (Å²) in [5.41, 5.74) is 9.29. The van der Waals surface area contributed by atoms with Crippen LogP contribution in [-0.2, 0) is 0 Å². The molecule has 0 heterocycles. The monoisotopic (exact) mass is 312 g/mol. The van der Waals surface area contributed by atoms with Crippen molar-refractivity contribution in [2.45, 2.75) is 0 Å². The molecule has 0 saturated heterocycles. The lowest BCUT2D eigenvalue weighted by Crippen LogP contribution is -2.45. The third-order valence-electron chi connectivity index (χ3n) is 6.10. The molecule has 0 aromatic carbocycles. The summed E-state index contributed by atoms with van der Waals surface area (Å²) in [6.07, 6.45) is 0. The molecule has 0 aromatic rings. The molecule has 0 spiro atoms. The molecule has 24 heavy (non-hydrogen) atoms. The van der Waals surface area contributed by atoms with E-state index < -0.39 is 0 Å². The first kappa shape index (κ1) is 16.3. The maximum atomic E-state index is 4.32. The topological polar surface area (TPSA) is 0 Å². The fraction of sp³-hybridized carbons (Fsp3) is 0.167. The largest absolute Gasteiger partial charge is 0.0949 e. The average molecular weight is 312 g/mol. The zero-order valence-corrected chi connectivity index (χ0v) is 14.4. The van der Waals surface area contributed by atoms with Gasteiger partial charge in [-0.25, -0.2) is 0 Å². The lowest BCUT2D eigenvalue weighted by molar-refractivity contribution is 0.277. The van der Waals surface area contributed by atoms with Gasteiger partial charge in [-0.3, -0.25) is 0 Å². The summed E-state index contributed by atoms with van der Waals surface area (Å²) in [6, 6.07) is 0. The van der Waals surface area contributed by atoms with Crippen molar-refractivity contribution in [2.75, 3.05) is 0 Å². The zero-order valence-electron chi connectivity index (χ0n) is 14.4. The van der Waals surface area contributed by atoms with E-state index in [0.717, 1.165) is 55.7 Å². The highest BCUT2D eigenvalue weighted by molar-refractivity contribution is 5.68. The average Bonchev–Trinajstić information content (AvgIpc) is 2.56. The smallest absolute Gasteiger partial charge is 0.0161 e. The Labute approximate surface area is 145 Å². The minimum Gasteiger partial charge on any atom is -0.0949 e. The Hall–Kier alpha value is -2.60. The standard InChI is InChI=1S/C24H24/c1-11-13(3)17(7)23-21(15(11)5)19(9)20(10)22-16(6)12(2)14(4)18(8)24(22)23/h21-24H,1-10H2/t21?,22?,23-,24+.